The zero-order chi connectivity index (χ0) is 17.1. The van der Waals surface area contributed by atoms with Gasteiger partial charge in [0.25, 0.3) is 0 Å². The number of hydrogen-bond donors (Lipinski definition) is 1. The van der Waals surface area contributed by atoms with Crippen molar-refractivity contribution in [2.24, 2.45) is 5.92 Å². The molecule has 0 bridgehead atoms. The molecule has 3 aromatic rings. The van der Waals surface area contributed by atoms with Gasteiger partial charge in [-0.1, -0.05) is 25.4 Å². The molecule has 0 fully saturated rings. The molecule has 0 saturated heterocycles. The molecule has 3 rings (SSSR count). The van der Waals surface area contributed by atoms with Crippen LogP contribution in [0.1, 0.15) is 31.9 Å². The minimum absolute atomic E-state index is 0.0000746. The summed E-state index contributed by atoms with van der Waals surface area (Å²) in [5.74, 6) is 1.95. The van der Waals surface area contributed by atoms with Gasteiger partial charge < -0.3 is 10.1 Å². The van der Waals surface area contributed by atoms with E-state index in [4.69, 9.17) is 16.3 Å². The topological polar surface area (TPSA) is 77.2 Å². The number of fused-ring (bicyclic) bond motifs is 1. The van der Waals surface area contributed by atoms with Crippen molar-refractivity contribution in [1.82, 2.24) is 25.3 Å². The summed E-state index contributed by atoms with van der Waals surface area (Å²) in [6.07, 6.45) is 0.895. The summed E-state index contributed by atoms with van der Waals surface area (Å²) in [6, 6.07) is 9.30. The Hall–Kier alpha value is -2.41. The first kappa shape index (κ1) is 16.4. The quantitative estimate of drug-likeness (QED) is 0.737. The Labute approximate surface area is 145 Å². The number of nitrogens with zero attached hydrogens (tertiary/aromatic N) is 5. The average Bonchev–Trinajstić information content (AvgIpc) is 3.01. The fourth-order valence-electron chi connectivity index (χ4n) is 2.62. The van der Waals surface area contributed by atoms with Gasteiger partial charge in [-0.15, -0.1) is 14.8 Å². The van der Waals surface area contributed by atoms with Crippen molar-refractivity contribution in [2.75, 3.05) is 12.4 Å². The minimum atomic E-state index is 0.0000746. The lowest BCUT2D eigenvalue weighted by molar-refractivity contribution is 0.402. The second kappa shape index (κ2) is 7.00. The van der Waals surface area contributed by atoms with E-state index in [1.54, 1.807) is 7.11 Å². The molecule has 2 aromatic heterocycles. The Kier molecular flexibility index (Phi) is 4.80. The number of nitrogens with one attached hydrogen (secondary N) is 1. The van der Waals surface area contributed by atoms with Crippen LogP contribution in [0.4, 0.5) is 5.82 Å². The number of tetrazole rings is 1. The molecule has 1 N–H and O–H groups in total. The lowest BCUT2D eigenvalue weighted by Crippen LogP contribution is -2.16. The number of ether oxygens (including phenoxy) is 1. The normalized spacial score (nSPS) is 12.5. The smallest absolute Gasteiger partial charge is 0.200 e. The Morgan fingerprint density at radius 3 is 2.83 bits per heavy atom. The van der Waals surface area contributed by atoms with Crippen LogP contribution in [0.15, 0.2) is 30.3 Å². The van der Waals surface area contributed by atoms with Crippen LogP contribution in [0.25, 0.3) is 5.65 Å². The van der Waals surface area contributed by atoms with Crippen LogP contribution < -0.4 is 10.1 Å². The fraction of sp³-hybridized carbons (Fsp3) is 0.375. The van der Waals surface area contributed by atoms with Crippen molar-refractivity contribution in [3.05, 3.63) is 40.9 Å². The highest BCUT2D eigenvalue weighted by atomic mass is 35.5. The molecule has 0 unspecified atom stereocenters. The highest BCUT2D eigenvalue weighted by Crippen LogP contribution is 2.33. The van der Waals surface area contributed by atoms with Crippen LogP contribution in [0, 0.1) is 5.92 Å². The van der Waals surface area contributed by atoms with Gasteiger partial charge in [0.05, 0.1) is 13.2 Å². The molecule has 126 valence electrons. The third-order valence-corrected chi connectivity index (χ3v) is 3.90. The van der Waals surface area contributed by atoms with E-state index in [-0.39, 0.29) is 6.04 Å². The van der Waals surface area contributed by atoms with Gasteiger partial charge in [-0.25, -0.2) is 0 Å². The molecule has 0 saturated carbocycles. The van der Waals surface area contributed by atoms with E-state index < -0.39 is 0 Å². The maximum absolute atomic E-state index is 6.19. The van der Waals surface area contributed by atoms with E-state index in [1.807, 2.05) is 30.3 Å². The molecule has 24 heavy (non-hydrogen) atoms. The van der Waals surface area contributed by atoms with Gasteiger partial charge in [-0.2, -0.15) is 0 Å². The Morgan fingerprint density at radius 1 is 1.25 bits per heavy atom. The monoisotopic (exact) mass is 346 g/mol. The number of rotatable bonds is 6. The Morgan fingerprint density at radius 2 is 2.08 bits per heavy atom. The Bertz CT molecular complexity index is 834. The van der Waals surface area contributed by atoms with Gasteiger partial charge in [0.1, 0.15) is 11.6 Å². The van der Waals surface area contributed by atoms with E-state index in [2.05, 4.69) is 39.8 Å². The number of benzene rings is 1. The van der Waals surface area contributed by atoms with Gasteiger partial charge in [0, 0.05) is 10.6 Å². The summed E-state index contributed by atoms with van der Waals surface area (Å²) in [5, 5.41) is 19.8. The van der Waals surface area contributed by atoms with Crippen molar-refractivity contribution in [1.29, 1.82) is 0 Å². The number of anilines is 1. The summed E-state index contributed by atoms with van der Waals surface area (Å²) < 4.78 is 6.89. The third kappa shape index (κ3) is 3.56. The number of aromatic nitrogens is 5. The molecular weight excluding hydrogens is 328 g/mol. The van der Waals surface area contributed by atoms with Crippen LogP contribution in [-0.4, -0.2) is 32.4 Å². The van der Waals surface area contributed by atoms with Crippen molar-refractivity contribution in [3.63, 3.8) is 0 Å². The first-order valence-corrected chi connectivity index (χ1v) is 8.10. The molecule has 0 radical (unpaired) electrons. The van der Waals surface area contributed by atoms with E-state index in [0.717, 1.165) is 17.7 Å². The van der Waals surface area contributed by atoms with Gasteiger partial charge in [0.2, 0.25) is 0 Å². The average molecular weight is 347 g/mol. The third-order valence-electron chi connectivity index (χ3n) is 3.67. The first-order chi connectivity index (χ1) is 11.6. The standard InChI is InChI=1S/C16H19ClN6O/c1-10(2)8-13(12-9-11(17)4-5-14(12)24-3)18-15-6-7-16-19-21-22-23(16)20-15/h4-7,9-10,13H,8H2,1-3H3,(H,18,20)/t13-/m0/s1. The molecule has 0 spiro atoms. The molecule has 0 aliphatic heterocycles. The second-order valence-electron chi connectivity index (χ2n) is 5.96. The van der Waals surface area contributed by atoms with Crippen molar-refractivity contribution < 1.29 is 4.74 Å². The lowest BCUT2D eigenvalue weighted by Gasteiger charge is -2.23. The highest BCUT2D eigenvalue weighted by Gasteiger charge is 2.19. The molecule has 1 aromatic carbocycles. The first-order valence-electron chi connectivity index (χ1n) is 7.72. The maximum Gasteiger partial charge on any atom is 0.200 e. The molecule has 0 aliphatic rings. The van der Waals surface area contributed by atoms with Crippen LogP contribution in [0.2, 0.25) is 5.02 Å². The Balaban J connectivity index is 1.95. The van der Waals surface area contributed by atoms with Crippen molar-refractivity contribution in [2.45, 2.75) is 26.3 Å². The SMILES string of the molecule is COc1ccc(Cl)cc1[C@H](CC(C)C)Nc1ccc2nnnn2n1. The minimum Gasteiger partial charge on any atom is -0.496 e. The predicted octanol–water partition coefficient (Wildman–Crippen LogP) is 3.38. The van der Waals surface area contributed by atoms with E-state index in [9.17, 15) is 0 Å². The highest BCUT2D eigenvalue weighted by molar-refractivity contribution is 6.30. The van der Waals surface area contributed by atoms with Crippen molar-refractivity contribution >= 4 is 23.1 Å². The summed E-state index contributed by atoms with van der Waals surface area (Å²) in [5.41, 5.74) is 1.60. The summed E-state index contributed by atoms with van der Waals surface area (Å²) in [7, 11) is 1.66. The molecule has 2 heterocycles. The van der Waals surface area contributed by atoms with E-state index in [0.29, 0.717) is 22.4 Å². The number of hydrogen-bond acceptors (Lipinski definition) is 6. The zero-order valence-corrected chi connectivity index (χ0v) is 14.5. The van der Waals surface area contributed by atoms with Crippen LogP contribution >= 0.6 is 11.6 Å². The molecule has 7 nitrogen and oxygen atoms in total. The summed E-state index contributed by atoms with van der Waals surface area (Å²) in [4.78, 5) is 0. The molecule has 8 heteroatoms. The molecular formula is C16H19ClN6O. The van der Waals surface area contributed by atoms with Crippen LogP contribution in [0.3, 0.4) is 0 Å². The second-order valence-corrected chi connectivity index (χ2v) is 6.39. The molecule has 1 atom stereocenters. The van der Waals surface area contributed by atoms with Gasteiger partial charge in [-0.3, -0.25) is 0 Å². The number of methoxy groups -OCH3 is 1. The van der Waals surface area contributed by atoms with Gasteiger partial charge in [0.15, 0.2) is 5.65 Å². The largest absolute Gasteiger partial charge is 0.496 e. The van der Waals surface area contributed by atoms with E-state index in [1.165, 1.54) is 4.63 Å². The molecule has 0 aliphatic carbocycles. The van der Waals surface area contributed by atoms with Gasteiger partial charge in [-0.05, 0) is 53.1 Å². The summed E-state index contributed by atoms with van der Waals surface area (Å²) in [6.45, 7) is 4.34. The van der Waals surface area contributed by atoms with E-state index >= 15 is 0 Å². The van der Waals surface area contributed by atoms with Crippen LogP contribution in [-0.2, 0) is 0 Å². The lowest BCUT2D eigenvalue weighted by atomic mass is 9.96. The number of halogens is 1. The maximum atomic E-state index is 6.19. The van der Waals surface area contributed by atoms with Crippen LogP contribution in [0.5, 0.6) is 5.75 Å². The van der Waals surface area contributed by atoms with Crippen molar-refractivity contribution in [3.8, 4) is 5.75 Å². The predicted molar refractivity (Wildman–Crippen MR) is 92.4 cm³/mol. The van der Waals surface area contributed by atoms with Gasteiger partial charge >= 0.3 is 0 Å². The zero-order valence-electron chi connectivity index (χ0n) is 13.8. The molecule has 0 amide bonds. The summed E-state index contributed by atoms with van der Waals surface area (Å²) >= 11 is 6.19. The fourth-order valence-corrected chi connectivity index (χ4v) is 2.80.